The van der Waals surface area contributed by atoms with Gasteiger partial charge in [-0.15, -0.1) is 0 Å². The monoisotopic (exact) mass is 462 g/mol. The second kappa shape index (κ2) is 9.27. The van der Waals surface area contributed by atoms with Crippen molar-refractivity contribution < 1.29 is 27.1 Å². The topological polar surface area (TPSA) is 84.9 Å². The summed E-state index contributed by atoms with van der Waals surface area (Å²) in [5, 5.41) is 2.69. The van der Waals surface area contributed by atoms with Crippen molar-refractivity contribution in [1.82, 2.24) is 4.31 Å². The molecule has 156 valence electrons. The van der Waals surface area contributed by atoms with Gasteiger partial charge in [0.15, 0.2) is 6.61 Å². The van der Waals surface area contributed by atoms with Crippen molar-refractivity contribution in [2.24, 2.45) is 0 Å². The van der Waals surface area contributed by atoms with Crippen LogP contribution < -0.4 is 10.1 Å². The number of rotatable bonds is 6. The largest absolute Gasteiger partial charge is 0.482 e. The zero-order valence-electron chi connectivity index (χ0n) is 15.0. The van der Waals surface area contributed by atoms with Gasteiger partial charge < -0.3 is 14.8 Å². The molecule has 0 bridgehead atoms. The van der Waals surface area contributed by atoms with E-state index in [0.717, 1.165) is 12.1 Å². The summed E-state index contributed by atoms with van der Waals surface area (Å²) in [6, 6.07) is 7.56. The van der Waals surface area contributed by atoms with Crippen molar-refractivity contribution >= 4 is 44.8 Å². The van der Waals surface area contributed by atoms with Crippen LogP contribution in [-0.4, -0.2) is 51.5 Å². The van der Waals surface area contributed by atoms with Crippen molar-refractivity contribution in [3.05, 3.63) is 52.3 Å². The van der Waals surface area contributed by atoms with Gasteiger partial charge in [0.2, 0.25) is 10.0 Å². The van der Waals surface area contributed by atoms with Gasteiger partial charge >= 0.3 is 0 Å². The highest BCUT2D eigenvalue weighted by molar-refractivity contribution is 7.89. The Morgan fingerprint density at radius 2 is 1.86 bits per heavy atom. The summed E-state index contributed by atoms with van der Waals surface area (Å²) in [6.45, 7) is 0.708. The fraction of sp³-hybridized carbons (Fsp3) is 0.278. The summed E-state index contributed by atoms with van der Waals surface area (Å²) in [5.74, 6) is -0.983. The van der Waals surface area contributed by atoms with Gasteiger partial charge in [0.1, 0.15) is 11.6 Å². The number of benzene rings is 2. The maximum absolute atomic E-state index is 13.1. The summed E-state index contributed by atoms with van der Waals surface area (Å²) in [7, 11) is -3.74. The molecule has 1 aliphatic heterocycles. The molecule has 0 radical (unpaired) electrons. The molecule has 0 aliphatic carbocycles. The lowest BCUT2D eigenvalue weighted by atomic mass is 10.3. The number of sulfonamides is 1. The molecular formula is C18H17Cl2FN2O5S. The Morgan fingerprint density at radius 3 is 2.55 bits per heavy atom. The first-order valence-electron chi connectivity index (χ1n) is 8.52. The van der Waals surface area contributed by atoms with E-state index in [1.165, 1.54) is 28.6 Å². The fourth-order valence-electron chi connectivity index (χ4n) is 2.62. The Hall–Kier alpha value is -1.91. The molecular weight excluding hydrogens is 446 g/mol. The van der Waals surface area contributed by atoms with Crippen molar-refractivity contribution in [3.63, 3.8) is 0 Å². The minimum Gasteiger partial charge on any atom is -0.482 e. The molecule has 2 aromatic rings. The zero-order chi connectivity index (χ0) is 21.0. The van der Waals surface area contributed by atoms with E-state index in [0.29, 0.717) is 13.2 Å². The Labute approximate surface area is 177 Å². The second-order valence-corrected chi connectivity index (χ2v) is 8.82. The van der Waals surface area contributed by atoms with Crippen molar-refractivity contribution in [3.8, 4) is 5.75 Å². The Balaban J connectivity index is 1.70. The molecule has 1 N–H and O–H groups in total. The zero-order valence-corrected chi connectivity index (χ0v) is 17.4. The predicted octanol–water partition coefficient (Wildman–Crippen LogP) is 3.17. The van der Waals surface area contributed by atoms with Crippen LogP contribution in [0.2, 0.25) is 10.0 Å². The number of halogens is 3. The standard InChI is InChI=1S/C18H17Cl2FN2O5S/c19-14-3-2-13(29(25,26)23-5-7-27-8-6-23)10-16(14)22-18(24)11-28-17-4-1-12(21)9-15(17)20/h1-4,9-10H,5-8,11H2,(H,22,24). The Kier molecular flexibility index (Phi) is 6.97. The molecule has 11 heteroatoms. The van der Waals surface area contributed by atoms with Crippen molar-refractivity contribution in [2.45, 2.75) is 4.90 Å². The molecule has 0 unspecified atom stereocenters. The van der Waals surface area contributed by atoms with Gasteiger partial charge in [-0.1, -0.05) is 23.2 Å². The molecule has 1 aliphatic rings. The third kappa shape index (κ3) is 5.37. The molecule has 0 atom stereocenters. The van der Waals surface area contributed by atoms with E-state index in [1.807, 2.05) is 0 Å². The lowest BCUT2D eigenvalue weighted by Gasteiger charge is -2.26. The highest BCUT2D eigenvalue weighted by Crippen LogP contribution is 2.28. The highest BCUT2D eigenvalue weighted by Gasteiger charge is 2.27. The first kappa shape index (κ1) is 21.8. The van der Waals surface area contributed by atoms with Crippen LogP contribution in [0.1, 0.15) is 0 Å². The molecule has 1 fully saturated rings. The SMILES string of the molecule is O=C(COc1ccc(F)cc1Cl)Nc1cc(S(=O)(=O)N2CCOCC2)ccc1Cl. The van der Waals surface area contributed by atoms with Gasteiger partial charge in [-0.05, 0) is 36.4 Å². The second-order valence-electron chi connectivity index (χ2n) is 6.07. The lowest BCUT2D eigenvalue weighted by molar-refractivity contribution is -0.118. The fourth-order valence-corrected chi connectivity index (χ4v) is 4.44. The molecule has 0 spiro atoms. The number of morpholine rings is 1. The maximum atomic E-state index is 13.1. The first-order chi connectivity index (χ1) is 13.8. The van der Waals surface area contributed by atoms with E-state index in [-0.39, 0.29) is 39.5 Å². The quantitative estimate of drug-likeness (QED) is 0.712. The smallest absolute Gasteiger partial charge is 0.262 e. The molecule has 0 aromatic heterocycles. The molecule has 1 amide bonds. The van der Waals surface area contributed by atoms with Gasteiger partial charge in [0, 0.05) is 13.1 Å². The average Bonchev–Trinajstić information content (AvgIpc) is 2.69. The van der Waals surface area contributed by atoms with Crippen LogP contribution in [0.4, 0.5) is 10.1 Å². The van der Waals surface area contributed by atoms with Gasteiger partial charge in [-0.25, -0.2) is 12.8 Å². The van der Waals surface area contributed by atoms with Crippen LogP contribution in [-0.2, 0) is 19.6 Å². The van der Waals surface area contributed by atoms with Gasteiger partial charge in [0.05, 0.1) is 33.8 Å². The van der Waals surface area contributed by atoms with Crippen LogP contribution in [0, 0.1) is 5.82 Å². The normalized spacial score (nSPS) is 15.1. The number of amides is 1. The van der Waals surface area contributed by atoms with Crippen LogP contribution in [0.25, 0.3) is 0 Å². The van der Waals surface area contributed by atoms with Crippen LogP contribution in [0.5, 0.6) is 5.75 Å². The summed E-state index contributed by atoms with van der Waals surface area (Å²) < 4.78 is 50.3. The lowest BCUT2D eigenvalue weighted by Crippen LogP contribution is -2.40. The third-order valence-electron chi connectivity index (χ3n) is 4.07. The van der Waals surface area contributed by atoms with Crippen LogP contribution in [0.15, 0.2) is 41.3 Å². The van der Waals surface area contributed by atoms with Crippen LogP contribution >= 0.6 is 23.2 Å². The number of carbonyl (C=O) groups excluding carboxylic acids is 1. The number of carbonyl (C=O) groups is 1. The van der Waals surface area contributed by atoms with E-state index in [2.05, 4.69) is 5.32 Å². The molecule has 29 heavy (non-hydrogen) atoms. The molecule has 1 heterocycles. The maximum Gasteiger partial charge on any atom is 0.262 e. The van der Waals surface area contributed by atoms with Gasteiger partial charge in [-0.2, -0.15) is 4.31 Å². The molecule has 1 saturated heterocycles. The molecule has 2 aromatic carbocycles. The predicted molar refractivity (Wildman–Crippen MR) is 107 cm³/mol. The summed E-state index contributed by atoms with van der Waals surface area (Å²) >= 11 is 11.9. The first-order valence-corrected chi connectivity index (χ1v) is 10.7. The molecule has 7 nitrogen and oxygen atoms in total. The van der Waals surface area contributed by atoms with Crippen molar-refractivity contribution in [1.29, 1.82) is 0 Å². The number of ether oxygens (including phenoxy) is 2. The Bertz CT molecular complexity index is 1010. The minimum absolute atomic E-state index is 0.00148. The number of hydrogen-bond acceptors (Lipinski definition) is 5. The number of nitrogens with zero attached hydrogens (tertiary/aromatic N) is 1. The molecule has 0 saturated carbocycles. The summed E-state index contributed by atoms with van der Waals surface area (Å²) in [5.41, 5.74) is 0.125. The van der Waals surface area contributed by atoms with E-state index in [9.17, 15) is 17.6 Å². The van der Waals surface area contributed by atoms with Crippen LogP contribution in [0.3, 0.4) is 0 Å². The van der Waals surface area contributed by atoms with E-state index >= 15 is 0 Å². The minimum atomic E-state index is -3.74. The van der Waals surface area contributed by atoms with E-state index < -0.39 is 28.4 Å². The summed E-state index contributed by atoms with van der Waals surface area (Å²) in [4.78, 5) is 12.2. The average molecular weight is 463 g/mol. The van der Waals surface area contributed by atoms with Crippen molar-refractivity contribution in [2.75, 3.05) is 38.2 Å². The number of hydrogen-bond donors (Lipinski definition) is 1. The number of anilines is 1. The molecule has 3 rings (SSSR count). The third-order valence-corrected chi connectivity index (χ3v) is 6.59. The van der Waals surface area contributed by atoms with E-state index in [4.69, 9.17) is 32.7 Å². The van der Waals surface area contributed by atoms with E-state index in [1.54, 1.807) is 0 Å². The Morgan fingerprint density at radius 1 is 1.14 bits per heavy atom. The number of nitrogens with one attached hydrogen (secondary N) is 1. The van der Waals surface area contributed by atoms with Gasteiger partial charge in [0.25, 0.3) is 5.91 Å². The van der Waals surface area contributed by atoms with Gasteiger partial charge in [-0.3, -0.25) is 4.79 Å². The highest BCUT2D eigenvalue weighted by atomic mass is 35.5. The summed E-state index contributed by atoms with van der Waals surface area (Å²) in [6.07, 6.45) is 0.